The third-order valence-corrected chi connectivity index (χ3v) is 5.43. The van der Waals surface area contributed by atoms with Crippen molar-refractivity contribution in [2.75, 3.05) is 33.3 Å². The third kappa shape index (κ3) is 5.49. The van der Waals surface area contributed by atoms with Crippen molar-refractivity contribution >= 4 is 23.4 Å². The van der Waals surface area contributed by atoms with Gasteiger partial charge in [-0.2, -0.15) is 0 Å². The van der Waals surface area contributed by atoms with Crippen LogP contribution in [0.15, 0.2) is 48.5 Å². The van der Waals surface area contributed by atoms with Gasteiger partial charge in [-0.3, -0.25) is 14.5 Å². The number of hydrogen-bond donors (Lipinski definition) is 2. The zero-order valence-electron chi connectivity index (χ0n) is 16.5. The summed E-state index contributed by atoms with van der Waals surface area (Å²) in [4.78, 5) is 26.9. The average Bonchev–Trinajstić information content (AvgIpc) is 3.27. The van der Waals surface area contributed by atoms with Gasteiger partial charge in [0.25, 0.3) is 5.91 Å². The molecule has 2 amide bonds. The van der Waals surface area contributed by atoms with Crippen LogP contribution in [0.5, 0.6) is 5.75 Å². The van der Waals surface area contributed by atoms with Gasteiger partial charge in [-0.15, -0.1) is 0 Å². The van der Waals surface area contributed by atoms with Crippen molar-refractivity contribution in [3.05, 3.63) is 64.7 Å². The van der Waals surface area contributed by atoms with Crippen molar-refractivity contribution in [2.24, 2.45) is 0 Å². The van der Waals surface area contributed by atoms with Crippen LogP contribution in [0.25, 0.3) is 0 Å². The molecule has 1 heterocycles. The summed E-state index contributed by atoms with van der Waals surface area (Å²) in [5, 5.41) is 5.93. The van der Waals surface area contributed by atoms with Crippen molar-refractivity contribution in [3.8, 4) is 5.75 Å². The minimum atomic E-state index is -0.369. The first-order chi connectivity index (χ1) is 14.1. The fraction of sp³-hybridized carbons (Fsp3) is 0.364. The zero-order valence-corrected chi connectivity index (χ0v) is 17.2. The Bertz CT molecular complexity index is 853. The number of hydrogen-bond acceptors (Lipinski definition) is 4. The summed E-state index contributed by atoms with van der Waals surface area (Å²) < 4.78 is 5.52. The fourth-order valence-corrected chi connectivity index (χ4v) is 3.83. The van der Waals surface area contributed by atoms with E-state index in [9.17, 15) is 9.59 Å². The lowest BCUT2D eigenvalue weighted by Gasteiger charge is -2.29. The van der Waals surface area contributed by atoms with Crippen LogP contribution in [0.4, 0.5) is 0 Å². The van der Waals surface area contributed by atoms with E-state index in [-0.39, 0.29) is 24.4 Å². The number of carbonyl (C=O) groups excluding carboxylic acids is 2. The van der Waals surface area contributed by atoms with E-state index in [0.29, 0.717) is 17.1 Å². The molecule has 1 fully saturated rings. The number of likely N-dealkylation sites (tertiary alicyclic amines) is 1. The summed E-state index contributed by atoms with van der Waals surface area (Å²) >= 11 is 6.03. The van der Waals surface area contributed by atoms with Gasteiger partial charge in [0.2, 0.25) is 5.91 Å². The van der Waals surface area contributed by atoms with Crippen molar-refractivity contribution in [1.29, 1.82) is 0 Å². The van der Waals surface area contributed by atoms with Crippen molar-refractivity contribution in [2.45, 2.75) is 18.9 Å². The number of benzene rings is 2. The van der Waals surface area contributed by atoms with Crippen LogP contribution >= 0.6 is 11.6 Å². The van der Waals surface area contributed by atoms with Gasteiger partial charge in [-0.25, -0.2) is 0 Å². The van der Waals surface area contributed by atoms with Gasteiger partial charge in [-0.05, 0) is 44.1 Å². The molecule has 0 aromatic heterocycles. The van der Waals surface area contributed by atoms with Gasteiger partial charge in [0.15, 0.2) is 0 Å². The Labute approximate surface area is 176 Å². The number of nitrogens with one attached hydrogen (secondary N) is 2. The van der Waals surface area contributed by atoms with Crippen LogP contribution in [0, 0.1) is 0 Å². The largest absolute Gasteiger partial charge is 0.496 e. The number of nitrogens with zero attached hydrogens (tertiary/aromatic N) is 1. The molecule has 2 aromatic rings. The number of rotatable bonds is 8. The summed E-state index contributed by atoms with van der Waals surface area (Å²) in [5.74, 6) is 0.196. The van der Waals surface area contributed by atoms with Crippen LogP contribution in [0.3, 0.4) is 0 Å². The van der Waals surface area contributed by atoms with Crippen molar-refractivity contribution in [3.63, 3.8) is 0 Å². The Morgan fingerprint density at radius 3 is 2.48 bits per heavy atom. The van der Waals surface area contributed by atoms with Gasteiger partial charge >= 0.3 is 0 Å². The molecular weight excluding hydrogens is 390 g/mol. The molecule has 0 aliphatic carbocycles. The fourth-order valence-electron chi connectivity index (χ4n) is 3.60. The molecule has 0 unspecified atom stereocenters. The molecule has 1 saturated heterocycles. The quantitative estimate of drug-likeness (QED) is 0.695. The zero-order chi connectivity index (χ0) is 20.6. The molecule has 0 bridgehead atoms. The molecule has 7 heteroatoms. The number of para-hydroxylation sites is 1. The van der Waals surface area contributed by atoms with E-state index in [2.05, 4.69) is 15.5 Å². The second-order valence-electron chi connectivity index (χ2n) is 6.97. The Kier molecular flexibility index (Phi) is 7.49. The van der Waals surface area contributed by atoms with Crippen LogP contribution in [-0.4, -0.2) is 50.0 Å². The first-order valence-electron chi connectivity index (χ1n) is 9.76. The summed E-state index contributed by atoms with van der Waals surface area (Å²) in [6.45, 7) is 2.31. The average molecular weight is 416 g/mol. The van der Waals surface area contributed by atoms with E-state index in [1.165, 1.54) is 0 Å². The van der Waals surface area contributed by atoms with E-state index >= 15 is 0 Å². The van der Waals surface area contributed by atoms with E-state index in [1.807, 2.05) is 24.3 Å². The predicted molar refractivity (Wildman–Crippen MR) is 113 cm³/mol. The molecular formula is C22H26ClN3O3. The van der Waals surface area contributed by atoms with Gasteiger partial charge in [-0.1, -0.05) is 41.9 Å². The summed E-state index contributed by atoms with van der Waals surface area (Å²) in [6, 6.07) is 14.7. The monoisotopic (exact) mass is 415 g/mol. The SMILES string of the molecule is COc1ccccc1[C@H](CNC(=O)CNC(=O)c1ccccc1Cl)N1CCCC1. The molecule has 1 atom stereocenters. The lowest BCUT2D eigenvalue weighted by atomic mass is 10.0. The summed E-state index contributed by atoms with van der Waals surface area (Å²) in [6.07, 6.45) is 2.29. The van der Waals surface area contributed by atoms with Gasteiger partial charge in [0, 0.05) is 12.1 Å². The summed E-state index contributed by atoms with van der Waals surface area (Å²) in [5.41, 5.74) is 1.41. The highest BCUT2D eigenvalue weighted by molar-refractivity contribution is 6.33. The topological polar surface area (TPSA) is 70.7 Å². The standard InChI is InChI=1S/C22H26ClN3O3/c1-29-20-11-5-3-9-17(20)19(26-12-6-7-13-26)14-24-21(27)15-25-22(28)16-8-2-4-10-18(16)23/h2-5,8-11,19H,6-7,12-15H2,1H3,(H,24,27)(H,25,28)/t19-/m0/s1. The normalized spacial score (nSPS) is 15.0. The number of methoxy groups -OCH3 is 1. The van der Waals surface area contributed by atoms with Crippen LogP contribution in [-0.2, 0) is 4.79 Å². The van der Waals surface area contributed by atoms with Crippen molar-refractivity contribution in [1.82, 2.24) is 15.5 Å². The highest BCUT2D eigenvalue weighted by Gasteiger charge is 2.26. The Hall–Kier alpha value is -2.57. The Morgan fingerprint density at radius 2 is 1.76 bits per heavy atom. The van der Waals surface area contributed by atoms with Crippen LogP contribution < -0.4 is 15.4 Å². The predicted octanol–water partition coefficient (Wildman–Crippen LogP) is 3.03. The van der Waals surface area contributed by atoms with Crippen LogP contribution in [0.2, 0.25) is 5.02 Å². The minimum absolute atomic E-state index is 0.0249. The maximum atomic E-state index is 12.4. The number of amides is 2. The number of carbonyl (C=O) groups is 2. The van der Waals surface area contributed by atoms with Gasteiger partial charge < -0.3 is 15.4 Å². The maximum absolute atomic E-state index is 12.4. The van der Waals surface area contributed by atoms with E-state index in [4.69, 9.17) is 16.3 Å². The lowest BCUT2D eigenvalue weighted by Crippen LogP contribution is -2.41. The summed E-state index contributed by atoms with van der Waals surface area (Å²) in [7, 11) is 1.66. The van der Waals surface area contributed by atoms with Crippen LogP contribution in [0.1, 0.15) is 34.8 Å². The van der Waals surface area contributed by atoms with E-state index < -0.39 is 0 Å². The molecule has 29 heavy (non-hydrogen) atoms. The molecule has 154 valence electrons. The first kappa shape index (κ1) is 21.1. The van der Waals surface area contributed by atoms with E-state index in [0.717, 1.165) is 37.2 Å². The maximum Gasteiger partial charge on any atom is 0.253 e. The molecule has 0 spiro atoms. The Balaban J connectivity index is 1.60. The molecule has 0 saturated carbocycles. The number of halogens is 1. The molecule has 6 nitrogen and oxygen atoms in total. The minimum Gasteiger partial charge on any atom is -0.496 e. The molecule has 1 aliphatic rings. The molecule has 2 aromatic carbocycles. The van der Waals surface area contributed by atoms with E-state index in [1.54, 1.807) is 31.4 Å². The molecule has 2 N–H and O–H groups in total. The Morgan fingerprint density at radius 1 is 1.07 bits per heavy atom. The third-order valence-electron chi connectivity index (χ3n) is 5.10. The van der Waals surface area contributed by atoms with Gasteiger partial charge in [0.05, 0.1) is 30.3 Å². The van der Waals surface area contributed by atoms with Crippen molar-refractivity contribution < 1.29 is 14.3 Å². The smallest absolute Gasteiger partial charge is 0.253 e. The molecule has 3 rings (SSSR count). The highest BCUT2D eigenvalue weighted by Crippen LogP contribution is 2.31. The molecule has 0 radical (unpaired) electrons. The number of ether oxygens (including phenoxy) is 1. The second-order valence-corrected chi connectivity index (χ2v) is 7.37. The highest BCUT2D eigenvalue weighted by atomic mass is 35.5. The first-order valence-corrected chi connectivity index (χ1v) is 10.1. The lowest BCUT2D eigenvalue weighted by molar-refractivity contribution is -0.120. The molecule has 1 aliphatic heterocycles. The second kappa shape index (κ2) is 10.3. The van der Waals surface area contributed by atoms with Gasteiger partial charge in [0.1, 0.15) is 5.75 Å².